The average Bonchev–Trinajstić information content (AvgIpc) is 3.13. The molecule has 2 N–H and O–H groups in total. The molecule has 0 bridgehead atoms. The van der Waals surface area contributed by atoms with Crippen LogP contribution < -0.4 is 5.32 Å². The molecule has 1 saturated heterocycles. The van der Waals surface area contributed by atoms with Crippen LogP contribution in [0.5, 0.6) is 0 Å². The molecule has 0 aliphatic carbocycles. The summed E-state index contributed by atoms with van der Waals surface area (Å²) >= 11 is 6.00. The van der Waals surface area contributed by atoms with E-state index < -0.39 is 0 Å². The van der Waals surface area contributed by atoms with Gasteiger partial charge >= 0.3 is 6.03 Å². The highest BCUT2D eigenvalue weighted by Gasteiger charge is 2.26. The van der Waals surface area contributed by atoms with E-state index in [9.17, 15) is 4.79 Å². The summed E-state index contributed by atoms with van der Waals surface area (Å²) in [6.45, 7) is 3.40. The van der Waals surface area contributed by atoms with Gasteiger partial charge in [-0.1, -0.05) is 17.7 Å². The maximum Gasteiger partial charge on any atom is 0.317 e. The van der Waals surface area contributed by atoms with E-state index in [-0.39, 0.29) is 6.03 Å². The second kappa shape index (κ2) is 7.45. The van der Waals surface area contributed by atoms with Crippen LogP contribution in [0.25, 0.3) is 10.9 Å². The number of fused-ring (bicyclic) bond motifs is 1. The molecule has 0 radical (unpaired) electrons. The van der Waals surface area contributed by atoms with Gasteiger partial charge < -0.3 is 20.1 Å². The van der Waals surface area contributed by atoms with Gasteiger partial charge in [0.1, 0.15) is 0 Å². The van der Waals surface area contributed by atoms with Crippen LogP contribution in [0.3, 0.4) is 0 Å². The number of carbonyl (C=O) groups is 1. The Morgan fingerprint density at radius 1 is 1.46 bits per heavy atom. The van der Waals surface area contributed by atoms with Crippen LogP contribution in [0, 0.1) is 5.92 Å². The largest absolute Gasteiger partial charge is 0.361 e. The summed E-state index contributed by atoms with van der Waals surface area (Å²) in [7, 11) is 4.16. The predicted molar refractivity (Wildman–Crippen MR) is 98.6 cm³/mol. The molecular weight excluding hydrogens is 324 g/mol. The van der Waals surface area contributed by atoms with E-state index in [0.29, 0.717) is 12.5 Å². The lowest BCUT2D eigenvalue weighted by Crippen LogP contribution is -2.39. The van der Waals surface area contributed by atoms with Crippen molar-refractivity contribution in [2.45, 2.75) is 12.8 Å². The number of hydrogen-bond donors (Lipinski definition) is 2. The Kier molecular flexibility index (Phi) is 5.31. The molecule has 3 rings (SSSR count). The highest BCUT2D eigenvalue weighted by Crippen LogP contribution is 2.22. The molecule has 0 saturated carbocycles. The zero-order valence-corrected chi connectivity index (χ0v) is 15.1. The Labute approximate surface area is 148 Å². The van der Waals surface area contributed by atoms with Crippen molar-refractivity contribution in [1.29, 1.82) is 0 Å². The number of aromatic amines is 1. The molecule has 5 nitrogen and oxygen atoms in total. The first-order chi connectivity index (χ1) is 11.5. The third-order valence-corrected chi connectivity index (χ3v) is 4.83. The maximum atomic E-state index is 12.3. The zero-order chi connectivity index (χ0) is 17.1. The van der Waals surface area contributed by atoms with Crippen molar-refractivity contribution in [2.75, 3.05) is 40.3 Å². The number of amides is 2. The van der Waals surface area contributed by atoms with Crippen LogP contribution in [0.2, 0.25) is 5.02 Å². The van der Waals surface area contributed by atoms with Gasteiger partial charge in [-0.15, -0.1) is 0 Å². The highest BCUT2D eigenvalue weighted by atomic mass is 35.5. The Morgan fingerprint density at radius 3 is 3.08 bits per heavy atom. The Balaban J connectivity index is 1.48. The molecule has 2 heterocycles. The van der Waals surface area contributed by atoms with Gasteiger partial charge in [-0.05, 0) is 50.6 Å². The first-order valence-electron chi connectivity index (χ1n) is 8.46. The number of nitrogens with one attached hydrogen (secondary N) is 2. The SMILES string of the molecule is CN(C)CC1CCN(C(=O)NCCc2c[nH]c3cc(Cl)ccc23)C1. The minimum atomic E-state index is 0.0548. The number of nitrogens with zero attached hydrogens (tertiary/aromatic N) is 2. The van der Waals surface area contributed by atoms with Crippen LogP contribution in [0.1, 0.15) is 12.0 Å². The minimum Gasteiger partial charge on any atom is -0.361 e. The van der Waals surface area contributed by atoms with E-state index in [0.717, 1.165) is 43.0 Å². The smallest absolute Gasteiger partial charge is 0.317 e. The lowest BCUT2D eigenvalue weighted by molar-refractivity contribution is 0.205. The fraction of sp³-hybridized carbons (Fsp3) is 0.500. The topological polar surface area (TPSA) is 51.4 Å². The molecule has 1 aromatic carbocycles. The summed E-state index contributed by atoms with van der Waals surface area (Å²) in [6.07, 6.45) is 3.90. The summed E-state index contributed by atoms with van der Waals surface area (Å²) in [5, 5.41) is 4.94. The fourth-order valence-corrected chi connectivity index (χ4v) is 3.64. The van der Waals surface area contributed by atoms with E-state index in [1.165, 1.54) is 10.9 Å². The maximum absolute atomic E-state index is 12.3. The molecule has 6 heteroatoms. The Bertz CT molecular complexity index is 712. The summed E-state index contributed by atoms with van der Waals surface area (Å²) in [5.41, 5.74) is 2.24. The van der Waals surface area contributed by atoms with E-state index in [1.807, 2.05) is 29.3 Å². The zero-order valence-electron chi connectivity index (χ0n) is 14.3. The van der Waals surface area contributed by atoms with Crippen molar-refractivity contribution in [3.63, 3.8) is 0 Å². The number of hydrogen-bond acceptors (Lipinski definition) is 2. The van der Waals surface area contributed by atoms with Crippen LogP contribution in [0.15, 0.2) is 24.4 Å². The standard InChI is InChI=1S/C18H25ClN4O/c1-22(2)11-13-6-8-23(12-13)18(24)20-7-5-14-10-21-17-9-15(19)3-4-16(14)17/h3-4,9-10,13,21H,5-8,11-12H2,1-2H3,(H,20,24). The quantitative estimate of drug-likeness (QED) is 0.872. The van der Waals surface area contributed by atoms with Crippen molar-refractivity contribution in [3.8, 4) is 0 Å². The number of carbonyl (C=O) groups excluding carboxylic acids is 1. The van der Waals surface area contributed by atoms with E-state index >= 15 is 0 Å². The minimum absolute atomic E-state index is 0.0548. The molecule has 1 unspecified atom stereocenters. The predicted octanol–water partition coefficient (Wildman–Crippen LogP) is 2.96. The normalized spacial score (nSPS) is 17.8. The fourth-order valence-electron chi connectivity index (χ4n) is 3.46. The average molecular weight is 349 g/mol. The molecule has 24 heavy (non-hydrogen) atoms. The van der Waals surface area contributed by atoms with Gasteiger partial charge in [0.25, 0.3) is 0 Å². The molecule has 0 spiro atoms. The second-order valence-corrected chi connectivity index (χ2v) is 7.29. The van der Waals surface area contributed by atoms with Crippen molar-refractivity contribution in [1.82, 2.24) is 20.1 Å². The van der Waals surface area contributed by atoms with E-state index in [1.54, 1.807) is 0 Å². The molecule has 2 amide bonds. The number of rotatable bonds is 5. The van der Waals surface area contributed by atoms with Gasteiger partial charge in [0, 0.05) is 48.3 Å². The number of benzene rings is 1. The molecule has 1 aliphatic rings. The lowest BCUT2D eigenvalue weighted by Gasteiger charge is -2.19. The van der Waals surface area contributed by atoms with Gasteiger partial charge in [0.15, 0.2) is 0 Å². The summed E-state index contributed by atoms with van der Waals surface area (Å²) < 4.78 is 0. The van der Waals surface area contributed by atoms with E-state index in [4.69, 9.17) is 11.6 Å². The van der Waals surface area contributed by atoms with Crippen LogP contribution >= 0.6 is 11.6 Å². The molecule has 2 aromatic rings. The van der Waals surface area contributed by atoms with Gasteiger partial charge in [-0.2, -0.15) is 0 Å². The van der Waals surface area contributed by atoms with E-state index in [2.05, 4.69) is 29.3 Å². The molecule has 130 valence electrons. The molecule has 1 aliphatic heterocycles. The molecule has 1 atom stereocenters. The third-order valence-electron chi connectivity index (χ3n) is 4.60. The molecular formula is C18H25ClN4O. The molecule has 1 aromatic heterocycles. The summed E-state index contributed by atoms with van der Waals surface area (Å²) in [4.78, 5) is 19.6. The first kappa shape index (κ1) is 17.1. The van der Waals surface area contributed by atoms with Crippen LogP contribution in [-0.4, -0.2) is 61.1 Å². The highest BCUT2D eigenvalue weighted by molar-refractivity contribution is 6.31. The number of likely N-dealkylation sites (tertiary alicyclic amines) is 1. The second-order valence-electron chi connectivity index (χ2n) is 6.85. The van der Waals surface area contributed by atoms with Gasteiger partial charge in [0.05, 0.1) is 0 Å². The number of aromatic nitrogens is 1. The van der Waals surface area contributed by atoms with Crippen molar-refractivity contribution < 1.29 is 4.79 Å². The number of halogens is 1. The third kappa shape index (κ3) is 4.02. The lowest BCUT2D eigenvalue weighted by atomic mass is 10.1. The Morgan fingerprint density at radius 2 is 2.29 bits per heavy atom. The van der Waals surface area contributed by atoms with Crippen LogP contribution in [-0.2, 0) is 6.42 Å². The van der Waals surface area contributed by atoms with Crippen molar-refractivity contribution >= 4 is 28.5 Å². The first-order valence-corrected chi connectivity index (χ1v) is 8.84. The number of H-pyrrole nitrogens is 1. The number of urea groups is 1. The molecule has 1 fully saturated rings. The van der Waals surface area contributed by atoms with Crippen molar-refractivity contribution in [2.24, 2.45) is 5.92 Å². The Hall–Kier alpha value is -1.72. The van der Waals surface area contributed by atoms with Crippen LogP contribution in [0.4, 0.5) is 4.79 Å². The van der Waals surface area contributed by atoms with Crippen molar-refractivity contribution in [3.05, 3.63) is 35.0 Å². The van der Waals surface area contributed by atoms with Gasteiger partial charge in [-0.25, -0.2) is 4.79 Å². The van der Waals surface area contributed by atoms with Gasteiger partial charge in [0.2, 0.25) is 0 Å². The van der Waals surface area contributed by atoms with Gasteiger partial charge in [-0.3, -0.25) is 0 Å². The summed E-state index contributed by atoms with van der Waals surface area (Å²) in [6, 6.07) is 5.90. The monoisotopic (exact) mass is 348 g/mol. The summed E-state index contributed by atoms with van der Waals surface area (Å²) in [5.74, 6) is 0.587.